The van der Waals surface area contributed by atoms with Crippen LogP contribution in [-0.4, -0.2) is 23.0 Å². The van der Waals surface area contributed by atoms with Crippen LogP contribution in [0.2, 0.25) is 0 Å². The normalized spacial score (nSPS) is 11.6. The van der Waals surface area contributed by atoms with Gasteiger partial charge >= 0.3 is 12.0 Å². The van der Waals surface area contributed by atoms with Gasteiger partial charge in [0.1, 0.15) is 5.76 Å². The fourth-order valence-corrected chi connectivity index (χ4v) is 1.43. The summed E-state index contributed by atoms with van der Waals surface area (Å²) in [6.45, 7) is 1.72. The molecule has 19 heavy (non-hydrogen) atoms. The lowest BCUT2D eigenvalue weighted by Crippen LogP contribution is -2.40. The van der Waals surface area contributed by atoms with Gasteiger partial charge < -0.3 is 14.8 Å². The van der Waals surface area contributed by atoms with E-state index in [1.807, 2.05) is 0 Å². The van der Waals surface area contributed by atoms with Crippen LogP contribution >= 0.6 is 0 Å². The molecule has 3 amide bonds. The molecular formula is C12H16N2O5. The van der Waals surface area contributed by atoms with Crippen LogP contribution in [0.1, 0.15) is 38.0 Å². The van der Waals surface area contributed by atoms with Crippen LogP contribution < -0.4 is 10.6 Å². The third-order valence-corrected chi connectivity index (χ3v) is 2.36. The fourth-order valence-electron chi connectivity index (χ4n) is 1.43. The lowest BCUT2D eigenvalue weighted by molar-refractivity contribution is -0.137. The molecule has 0 aliphatic rings. The van der Waals surface area contributed by atoms with E-state index in [2.05, 4.69) is 10.6 Å². The first-order valence-corrected chi connectivity index (χ1v) is 5.84. The Morgan fingerprint density at radius 3 is 2.68 bits per heavy atom. The minimum Gasteiger partial charge on any atom is -0.481 e. The van der Waals surface area contributed by atoms with Crippen molar-refractivity contribution in [3.05, 3.63) is 24.2 Å². The number of aliphatic carboxylic acids is 1. The average molecular weight is 268 g/mol. The number of furan rings is 1. The highest BCUT2D eigenvalue weighted by Crippen LogP contribution is 2.11. The van der Waals surface area contributed by atoms with E-state index in [0.717, 1.165) is 0 Å². The molecule has 0 fully saturated rings. The number of nitrogens with one attached hydrogen (secondary N) is 2. The van der Waals surface area contributed by atoms with Gasteiger partial charge in [0.2, 0.25) is 5.91 Å². The van der Waals surface area contributed by atoms with Gasteiger partial charge in [-0.1, -0.05) is 0 Å². The van der Waals surface area contributed by atoms with Gasteiger partial charge in [0.05, 0.1) is 12.3 Å². The molecule has 1 atom stereocenters. The van der Waals surface area contributed by atoms with Gasteiger partial charge in [0.25, 0.3) is 0 Å². The molecule has 0 radical (unpaired) electrons. The van der Waals surface area contributed by atoms with Crippen LogP contribution in [0.3, 0.4) is 0 Å². The van der Waals surface area contributed by atoms with E-state index in [0.29, 0.717) is 5.76 Å². The zero-order chi connectivity index (χ0) is 14.3. The van der Waals surface area contributed by atoms with Crippen LogP contribution in [0.4, 0.5) is 4.79 Å². The highest BCUT2D eigenvalue weighted by atomic mass is 16.4. The van der Waals surface area contributed by atoms with E-state index in [4.69, 9.17) is 9.52 Å². The molecule has 104 valence electrons. The van der Waals surface area contributed by atoms with E-state index < -0.39 is 17.9 Å². The molecule has 0 bridgehead atoms. The lowest BCUT2D eigenvalue weighted by atomic mass is 10.2. The average Bonchev–Trinajstić information content (AvgIpc) is 2.81. The number of carbonyl (C=O) groups is 3. The Morgan fingerprint density at radius 1 is 1.37 bits per heavy atom. The van der Waals surface area contributed by atoms with Gasteiger partial charge in [-0.15, -0.1) is 0 Å². The molecule has 1 aromatic heterocycles. The number of imide groups is 1. The third kappa shape index (κ3) is 5.71. The van der Waals surface area contributed by atoms with Gasteiger partial charge in [-0.25, -0.2) is 4.79 Å². The second-order valence-corrected chi connectivity index (χ2v) is 4.01. The molecule has 0 saturated heterocycles. The number of urea groups is 1. The lowest BCUT2D eigenvalue weighted by Gasteiger charge is -2.11. The van der Waals surface area contributed by atoms with Crippen molar-refractivity contribution in [1.82, 2.24) is 10.6 Å². The Kier molecular flexibility index (Phi) is 5.59. The van der Waals surface area contributed by atoms with Crippen molar-refractivity contribution in [3.63, 3.8) is 0 Å². The highest BCUT2D eigenvalue weighted by Gasteiger charge is 2.13. The van der Waals surface area contributed by atoms with Crippen LogP contribution in [0.25, 0.3) is 0 Å². The number of hydrogen-bond acceptors (Lipinski definition) is 4. The zero-order valence-corrected chi connectivity index (χ0v) is 10.5. The number of hydrogen-bond donors (Lipinski definition) is 3. The van der Waals surface area contributed by atoms with E-state index in [-0.39, 0.29) is 25.3 Å². The molecule has 0 aliphatic heterocycles. The monoisotopic (exact) mass is 268 g/mol. The zero-order valence-electron chi connectivity index (χ0n) is 10.5. The molecule has 7 heteroatoms. The molecule has 0 spiro atoms. The molecular weight excluding hydrogens is 252 g/mol. The van der Waals surface area contributed by atoms with Crippen molar-refractivity contribution < 1.29 is 23.9 Å². The van der Waals surface area contributed by atoms with Gasteiger partial charge in [-0.2, -0.15) is 0 Å². The first-order chi connectivity index (χ1) is 8.99. The van der Waals surface area contributed by atoms with Gasteiger partial charge in [0, 0.05) is 12.8 Å². The van der Waals surface area contributed by atoms with Crippen molar-refractivity contribution in [1.29, 1.82) is 0 Å². The Bertz CT molecular complexity index is 441. The van der Waals surface area contributed by atoms with Gasteiger partial charge in [-0.3, -0.25) is 14.9 Å². The summed E-state index contributed by atoms with van der Waals surface area (Å²) in [5, 5.41) is 13.1. The predicted octanol–water partition coefficient (Wildman–Crippen LogP) is 1.42. The second-order valence-electron chi connectivity index (χ2n) is 4.01. The first kappa shape index (κ1) is 14.7. The van der Waals surface area contributed by atoms with Crippen molar-refractivity contribution in [3.8, 4) is 0 Å². The molecule has 1 unspecified atom stereocenters. The third-order valence-electron chi connectivity index (χ3n) is 2.36. The molecule has 1 heterocycles. The van der Waals surface area contributed by atoms with Crippen LogP contribution in [-0.2, 0) is 9.59 Å². The molecule has 0 aliphatic carbocycles. The standard InChI is InChI=1S/C12H16N2O5/c1-8(9-4-3-7-19-9)13-12(18)14-10(15)5-2-6-11(16)17/h3-4,7-8H,2,5-6H2,1H3,(H,16,17)(H2,13,14,15,18). The van der Waals surface area contributed by atoms with Crippen LogP contribution in [0.5, 0.6) is 0 Å². The molecule has 7 nitrogen and oxygen atoms in total. The Labute approximate surface area is 110 Å². The molecule has 0 aromatic carbocycles. The largest absolute Gasteiger partial charge is 0.481 e. The SMILES string of the molecule is CC(NC(=O)NC(=O)CCCC(=O)O)c1ccco1. The maximum absolute atomic E-state index is 11.5. The predicted molar refractivity (Wildman–Crippen MR) is 65.3 cm³/mol. The first-order valence-electron chi connectivity index (χ1n) is 5.84. The number of carboxylic acids is 1. The summed E-state index contributed by atoms with van der Waals surface area (Å²) in [7, 11) is 0. The van der Waals surface area contributed by atoms with E-state index in [1.54, 1.807) is 19.1 Å². The van der Waals surface area contributed by atoms with Crippen molar-refractivity contribution in [2.75, 3.05) is 0 Å². The summed E-state index contributed by atoms with van der Waals surface area (Å²) >= 11 is 0. The Hall–Kier alpha value is -2.31. The second kappa shape index (κ2) is 7.20. The molecule has 1 aromatic rings. The fraction of sp³-hybridized carbons (Fsp3) is 0.417. The smallest absolute Gasteiger partial charge is 0.322 e. The molecule has 3 N–H and O–H groups in total. The Balaban J connectivity index is 2.27. The van der Waals surface area contributed by atoms with E-state index in [1.165, 1.54) is 6.26 Å². The highest BCUT2D eigenvalue weighted by molar-refractivity contribution is 5.94. The van der Waals surface area contributed by atoms with Gasteiger partial charge in [0.15, 0.2) is 0 Å². The van der Waals surface area contributed by atoms with E-state index in [9.17, 15) is 14.4 Å². The quantitative estimate of drug-likeness (QED) is 0.723. The van der Waals surface area contributed by atoms with Crippen molar-refractivity contribution in [2.45, 2.75) is 32.2 Å². The summed E-state index contributed by atoms with van der Waals surface area (Å²) < 4.78 is 5.10. The summed E-state index contributed by atoms with van der Waals surface area (Å²) in [6, 6.07) is 2.41. The topological polar surface area (TPSA) is 109 Å². The summed E-state index contributed by atoms with van der Waals surface area (Å²) in [4.78, 5) is 33.0. The van der Waals surface area contributed by atoms with Crippen molar-refractivity contribution >= 4 is 17.9 Å². The van der Waals surface area contributed by atoms with E-state index >= 15 is 0 Å². The number of carboxylic acid groups (broad SMARTS) is 1. The maximum atomic E-state index is 11.5. The van der Waals surface area contributed by atoms with Crippen molar-refractivity contribution in [2.24, 2.45) is 0 Å². The van der Waals surface area contributed by atoms with Crippen LogP contribution in [0.15, 0.2) is 22.8 Å². The maximum Gasteiger partial charge on any atom is 0.322 e. The van der Waals surface area contributed by atoms with Gasteiger partial charge in [-0.05, 0) is 25.5 Å². The summed E-state index contributed by atoms with van der Waals surface area (Å²) in [6.07, 6.45) is 1.58. The number of amides is 3. The molecule has 1 rings (SSSR count). The number of rotatable bonds is 6. The summed E-state index contributed by atoms with van der Waals surface area (Å²) in [5.74, 6) is -0.900. The Morgan fingerprint density at radius 2 is 2.11 bits per heavy atom. The number of carbonyl (C=O) groups excluding carboxylic acids is 2. The molecule has 0 saturated carbocycles. The minimum atomic E-state index is -0.969. The summed E-state index contributed by atoms with van der Waals surface area (Å²) in [5.41, 5.74) is 0. The minimum absolute atomic E-state index is 0.00511. The van der Waals surface area contributed by atoms with Crippen LogP contribution in [0, 0.1) is 0 Å².